The monoisotopic (exact) mass is 475 g/mol. The van der Waals surface area contributed by atoms with E-state index < -0.39 is 24.4 Å². The van der Waals surface area contributed by atoms with Crippen molar-refractivity contribution in [3.05, 3.63) is 81.9 Å². The number of allylic oxidation sites excluding steroid dienone is 2. The van der Waals surface area contributed by atoms with Gasteiger partial charge in [-0.1, -0.05) is 0 Å². The summed E-state index contributed by atoms with van der Waals surface area (Å²) in [4.78, 5) is 0. The minimum atomic E-state index is -2.25. The Kier molecular flexibility index (Phi) is 5.77. The van der Waals surface area contributed by atoms with Crippen LogP contribution < -0.4 is 0 Å². The van der Waals surface area contributed by atoms with Gasteiger partial charge in [0.2, 0.25) is 0 Å². The third-order valence-corrected chi connectivity index (χ3v) is 27.6. The summed E-state index contributed by atoms with van der Waals surface area (Å²) in [6, 6.07) is 20.1. The molecule has 0 bridgehead atoms. The van der Waals surface area contributed by atoms with Crippen LogP contribution in [0.1, 0.15) is 47.9 Å². The molecular formula is C22H23Cl2SiZr. The molecule has 0 heterocycles. The molecule has 133 valence electrons. The van der Waals surface area contributed by atoms with Gasteiger partial charge >= 0.3 is 173 Å². The van der Waals surface area contributed by atoms with Crippen LogP contribution in [0.25, 0.3) is 12.2 Å². The molecule has 0 fully saturated rings. The Morgan fingerprint density at radius 1 is 0.769 bits per heavy atom. The van der Waals surface area contributed by atoms with Gasteiger partial charge in [-0.15, -0.1) is 0 Å². The molecule has 2 aromatic rings. The Bertz CT molecular complexity index is 818. The van der Waals surface area contributed by atoms with Crippen molar-refractivity contribution in [2.24, 2.45) is 0 Å². The molecule has 0 saturated heterocycles. The van der Waals surface area contributed by atoms with Gasteiger partial charge in [0.15, 0.2) is 0 Å². The number of rotatable bonds is 5. The first-order valence-corrected chi connectivity index (χ1v) is 22.1. The molecule has 0 radical (unpaired) electrons. The quantitative estimate of drug-likeness (QED) is 0.405. The molecule has 0 nitrogen and oxygen atoms in total. The van der Waals surface area contributed by atoms with E-state index in [-0.39, 0.29) is 0 Å². The van der Waals surface area contributed by atoms with Gasteiger partial charge in [0, 0.05) is 0 Å². The molecule has 26 heavy (non-hydrogen) atoms. The second kappa shape index (κ2) is 7.92. The van der Waals surface area contributed by atoms with Crippen molar-refractivity contribution in [3.63, 3.8) is 0 Å². The first-order chi connectivity index (χ1) is 12.5. The standard InChI is InChI=1S/C22H23Si.2ClH.Zr/c1-15-11-17-7-3-5-9-19(17)21(15)13-23-14-22-16(2)12-18-8-4-6-10-20(18)22;;;/h3-12,21-23H,13-14H2,1-2H3;2*1H;/q;;;+2/p-2. The molecule has 0 spiro atoms. The molecule has 0 saturated carbocycles. The van der Waals surface area contributed by atoms with E-state index >= 15 is 0 Å². The molecule has 0 N–H and O–H groups in total. The summed E-state index contributed by atoms with van der Waals surface area (Å²) in [5.41, 5.74) is 8.72. The fraction of sp³-hybridized carbons (Fsp3) is 0.273. The van der Waals surface area contributed by atoms with Crippen LogP contribution in [0, 0.1) is 0 Å². The van der Waals surface area contributed by atoms with Crippen LogP contribution in [0.2, 0.25) is 12.1 Å². The Balaban J connectivity index is 1.57. The molecule has 2 atom stereocenters. The predicted molar refractivity (Wildman–Crippen MR) is 114 cm³/mol. The van der Waals surface area contributed by atoms with Gasteiger partial charge < -0.3 is 0 Å². The molecular weight excluding hydrogens is 454 g/mol. The zero-order valence-electron chi connectivity index (χ0n) is 15.2. The zero-order chi connectivity index (χ0) is 18.3. The van der Waals surface area contributed by atoms with Gasteiger partial charge in [0.1, 0.15) is 0 Å². The number of fused-ring (bicyclic) bond motifs is 2. The fourth-order valence-corrected chi connectivity index (χ4v) is 19.9. The Hall–Kier alpha value is -0.400. The van der Waals surface area contributed by atoms with Gasteiger partial charge in [-0.2, -0.15) is 0 Å². The van der Waals surface area contributed by atoms with E-state index in [1.807, 2.05) is 0 Å². The average molecular weight is 478 g/mol. The SMILES string of the molecule is CC1=Cc2ccccc2C1C[SiH](CC1C(C)=Cc2ccccc21)[Zr]([Cl])[Cl]. The van der Waals surface area contributed by atoms with Crippen LogP contribution in [-0.2, 0) is 18.5 Å². The van der Waals surface area contributed by atoms with Gasteiger partial charge in [0.25, 0.3) is 0 Å². The molecule has 0 aliphatic heterocycles. The molecule has 4 rings (SSSR count). The van der Waals surface area contributed by atoms with E-state index in [0.29, 0.717) is 11.8 Å². The van der Waals surface area contributed by atoms with Crippen LogP contribution in [0.4, 0.5) is 0 Å². The summed E-state index contributed by atoms with van der Waals surface area (Å²) in [6.07, 6.45) is 4.71. The Labute approximate surface area is 172 Å². The summed E-state index contributed by atoms with van der Waals surface area (Å²) in [7, 11) is 13.5. The fourth-order valence-electron chi connectivity index (χ4n) is 4.57. The third kappa shape index (κ3) is 3.63. The predicted octanol–water partition coefficient (Wildman–Crippen LogP) is 7.04. The maximum atomic E-state index is 6.74. The van der Waals surface area contributed by atoms with Crippen molar-refractivity contribution < 1.29 is 18.5 Å². The number of hydrogen-bond donors (Lipinski definition) is 0. The molecule has 2 aromatic carbocycles. The Morgan fingerprint density at radius 2 is 1.19 bits per heavy atom. The van der Waals surface area contributed by atoms with E-state index in [1.54, 1.807) is 0 Å². The second-order valence-corrected chi connectivity index (χ2v) is 31.1. The number of hydrogen-bond acceptors (Lipinski definition) is 0. The van der Waals surface area contributed by atoms with E-state index in [0.717, 1.165) is 0 Å². The molecule has 2 aliphatic rings. The molecule has 0 aromatic heterocycles. The van der Waals surface area contributed by atoms with E-state index in [4.69, 9.17) is 17.0 Å². The average Bonchev–Trinajstić information content (AvgIpc) is 3.11. The van der Waals surface area contributed by atoms with Gasteiger partial charge in [-0.05, 0) is 0 Å². The van der Waals surface area contributed by atoms with Crippen LogP contribution in [-0.4, -0.2) is 5.92 Å². The normalized spacial score (nSPS) is 21.7. The second-order valence-electron chi connectivity index (χ2n) is 7.60. The van der Waals surface area contributed by atoms with E-state index in [2.05, 4.69) is 74.5 Å². The van der Waals surface area contributed by atoms with Crippen molar-refractivity contribution >= 4 is 35.1 Å². The van der Waals surface area contributed by atoms with Crippen LogP contribution >= 0.6 is 17.0 Å². The van der Waals surface area contributed by atoms with Crippen LogP contribution in [0.3, 0.4) is 0 Å². The topological polar surface area (TPSA) is 0 Å². The summed E-state index contributed by atoms with van der Waals surface area (Å²) in [5, 5.41) is 0. The van der Waals surface area contributed by atoms with E-state index in [1.165, 1.54) is 45.5 Å². The minimum absolute atomic E-state index is 0.539. The molecule has 2 aliphatic carbocycles. The summed E-state index contributed by atoms with van der Waals surface area (Å²) < 4.78 is 0. The first-order valence-electron chi connectivity index (χ1n) is 9.26. The van der Waals surface area contributed by atoms with Crippen molar-refractivity contribution in [1.29, 1.82) is 0 Å². The Morgan fingerprint density at radius 3 is 1.62 bits per heavy atom. The maximum absolute atomic E-state index is 6.74. The number of halogens is 2. The van der Waals surface area contributed by atoms with Gasteiger partial charge in [0.05, 0.1) is 0 Å². The first kappa shape index (κ1) is 18.9. The summed E-state index contributed by atoms with van der Waals surface area (Å²) >= 11 is -2.25. The van der Waals surface area contributed by atoms with Crippen LogP contribution in [0.5, 0.6) is 0 Å². The van der Waals surface area contributed by atoms with E-state index in [9.17, 15) is 0 Å². The molecule has 4 heteroatoms. The third-order valence-electron chi connectivity index (χ3n) is 5.96. The molecule has 0 amide bonds. The van der Waals surface area contributed by atoms with Crippen molar-refractivity contribution in [2.75, 3.05) is 0 Å². The summed E-state index contributed by atoms with van der Waals surface area (Å²) in [6.45, 7) is 4.55. The molecule has 2 unspecified atom stereocenters. The van der Waals surface area contributed by atoms with Crippen LogP contribution in [0.15, 0.2) is 59.7 Å². The van der Waals surface area contributed by atoms with Crippen molar-refractivity contribution in [1.82, 2.24) is 0 Å². The van der Waals surface area contributed by atoms with Gasteiger partial charge in [-0.3, -0.25) is 0 Å². The summed E-state index contributed by atoms with van der Waals surface area (Å²) in [5.74, 6) is -0.0845. The zero-order valence-corrected chi connectivity index (χ0v) is 20.3. The van der Waals surface area contributed by atoms with Crippen molar-refractivity contribution in [2.45, 2.75) is 37.8 Å². The number of benzene rings is 2. The van der Waals surface area contributed by atoms with Crippen molar-refractivity contribution in [3.8, 4) is 0 Å². The van der Waals surface area contributed by atoms with Gasteiger partial charge in [-0.25, -0.2) is 0 Å².